The number of benzene rings is 2. The number of aliphatic hydroxyl groups is 2. The van der Waals surface area contributed by atoms with Gasteiger partial charge in [-0.05, 0) is 32.0 Å². The molecule has 1 aromatic heterocycles. The van der Waals surface area contributed by atoms with Gasteiger partial charge in [0.1, 0.15) is 16.7 Å². The molecule has 4 N–H and O–H groups in total. The SMILES string of the molecule is CC(C)(O)[C@H](O)Cc1ccc2c(=O)c3c(O)cccc3oc2c1O. The zero-order valence-electron chi connectivity index (χ0n) is 13.3. The summed E-state index contributed by atoms with van der Waals surface area (Å²) in [6.45, 7) is 2.93. The van der Waals surface area contributed by atoms with Crippen molar-refractivity contribution in [2.75, 3.05) is 0 Å². The van der Waals surface area contributed by atoms with E-state index in [1.165, 1.54) is 44.2 Å². The third kappa shape index (κ3) is 2.60. The first-order valence-corrected chi connectivity index (χ1v) is 7.50. The standard InChI is InChI=1S/C18H18O6/c1-18(2,23)13(20)8-9-6-7-10-16(22)14-11(19)4-3-5-12(14)24-17(10)15(9)21/h3-7,13,19-21,23H,8H2,1-2H3/t13-/m1/s1. The van der Waals surface area contributed by atoms with Crippen LogP contribution in [0.5, 0.6) is 11.5 Å². The van der Waals surface area contributed by atoms with E-state index in [1.54, 1.807) is 0 Å². The minimum absolute atomic E-state index is 0.00688. The van der Waals surface area contributed by atoms with Gasteiger partial charge in [-0.15, -0.1) is 0 Å². The van der Waals surface area contributed by atoms with Gasteiger partial charge in [-0.1, -0.05) is 12.1 Å². The van der Waals surface area contributed by atoms with E-state index in [1.807, 2.05) is 0 Å². The molecule has 24 heavy (non-hydrogen) atoms. The Kier molecular flexibility index (Phi) is 3.74. The summed E-state index contributed by atoms with van der Waals surface area (Å²) in [4.78, 5) is 12.5. The number of hydrogen-bond acceptors (Lipinski definition) is 6. The molecule has 0 unspecified atom stereocenters. The molecule has 3 rings (SSSR count). The second-order valence-corrected chi connectivity index (χ2v) is 6.41. The van der Waals surface area contributed by atoms with Crippen molar-refractivity contribution in [3.63, 3.8) is 0 Å². The molecule has 0 bridgehead atoms. The molecular weight excluding hydrogens is 312 g/mol. The largest absolute Gasteiger partial charge is 0.507 e. The summed E-state index contributed by atoms with van der Waals surface area (Å²) in [6.07, 6.45) is -1.11. The Labute approximate surface area is 137 Å². The normalized spacial score (nSPS) is 13.5. The van der Waals surface area contributed by atoms with Gasteiger partial charge in [0.2, 0.25) is 5.43 Å². The predicted molar refractivity (Wildman–Crippen MR) is 89.3 cm³/mol. The van der Waals surface area contributed by atoms with E-state index in [9.17, 15) is 25.2 Å². The molecular formula is C18H18O6. The maximum atomic E-state index is 12.5. The van der Waals surface area contributed by atoms with Gasteiger partial charge in [0.25, 0.3) is 0 Å². The van der Waals surface area contributed by atoms with Crippen LogP contribution in [0.1, 0.15) is 19.4 Å². The van der Waals surface area contributed by atoms with Gasteiger partial charge in [0.15, 0.2) is 11.3 Å². The third-order valence-corrected chi connectivity index (χ3v) is 4.13. The van der Waals surface area contributed by atoms with Crippen LogP contribution in [0.2, 0.25) is 0 Å². The number of rotatable bonds is 3. The lowest BCUT2D eigenvalue weighted by Gasteiger charge is -2.24. The summed E-state index contributed by atoms with van der Waals surface area (Å²) in [6, 6.07) is 7.41. The monoisotopic (exact) mass is 330 g/mol. The summed E-state index contributed by atoms with van der Waals surface area (Å²) in [5, 5.41) is 40.3. The highest BCUT2D eigenvalue weighted by Gasteiger charge is 2.26. The van der Waals surface area contributed by atoms with E-state index >= 15 is 0 Å². The maximum Gasteiger partial charge on any atom is 0.204 e. The van der Waals surface area contributed by atoms with Gasteiger partial charge in [0, 0.05) is 12.0 Å². The van der Waals surface area contributed by atoms with Crippen LogP contribution in [0.25, 0.3) is 21.9 Å². The lowest BCUT2D eigenvalue weighted by Crippen LogP contribution is -2.37. The first kappa shape index (κ1) is 16.3. The molecule has 1 atom stereocenters. The molecule has 0 aliphatic carbocycles. The van der Waals surface area contributed by atoms with Crippen LogP contribution in [0.3, 0.4) is 0 Å². The summed E-state index contributed by atoms with van der Waals surface area (Å²) < 4.78 is 5.59. The van der Waals surface area contributed by atoms with Crippen LogP contribution in [-0.4, -0.2) is 32.1 Å². The third-order valence-electron chi connectivity index (χ3n) is 4.13. The van der Waals surface area contributed by atoms with Gasteiger partial charge in [0.05, 0.1) is 17.1 Å². The second-order valence-electron chi connectivity index (χ2n) is 6.41. The zero-order chi connectivity index (χ0) is 17.6. The maximum absolute atomic E-state index is 12.5. The van der Waals surface area contributed by atoms with Crippen molar-refractivity contribution in [2.45, 2.75) is 32.0 Å². The summed E-state index contributed by atoms with van der Waals surface area (Å²) in [7, 11) is 0. The number of hydrogen-bond donors (Lipinski definition) is 4. The van der Waals surface area contributed by atoms with E-state index in [-0.39, 0.29) is 39.9 Å². The van der Waals surface area contributed by atoms with Crippen LogP contribution in [0, 0.1) is 0 Å². The fourth-order valence-electron chi connectivity index (χ4n) is 2.59. The van der Waals surface area contributed by atoms with E-state index in [2.05, 4.69) is 0 Å². The molecule has 0 saturated heterocycles. The Balaban J connectivity index is 2.23. The smallest absolute Gasteiger partial charge is 0.204 e. The summed E-state index contributed by atoms with van der Waals surface area (Å²) >= 11 is 0. The van der Waals surface area contributed by atoms with Crippen molar-refractivity contribution >= 4 is 21.9 Å². The van der Waals surface area contributed by atoms with Gasteiger partial charge >= 0.3 is 0 Å². The van der Waals surface area contributed by atoms with Crippen LogP contribution in [-0.2, 0) is 6.42 Å². The average molecular weight is 330 g/mol. The summed E-state index contributed by atoms with van der Waals surface area (Å²) in [5.74, 6) is -0.456. The highest BCUT2D eigenvalue weighted by Crippen LogP contribution is 2.33. The topological polar surface area (TPSA) is 111 Å². The van der Waals surface area contributed by atoms with Crippen LogP contribution in [0.15, 0.2) is 39.5 Å². The molecule has 0 saturated carbocycles. The molecule has 0 fully saturated rings. The van der Waals surface area contributed by atoms with Gasteiger partial charge in [-0.3, -0.25) is 4.79 Å². The van der Waals surface area contributed by atoms with E-state index in [0.717, 1.165) is 0 Å². The molecule has 0 amide bonds. The second kappa shape index (κ2) is 5.51. The van der Waals surface area contributed by atoms with Gasteiger partial charge in [-0.2, -0.15) is 0 Å². The van der Waals surface area contributed by atoms with E-state index < -0.39 is 17.1 Å². The lowest BCUT2D eigenvalue weighted by atomic mass is 9.94. The number of aromatic hydroxyl groups is 2. The van der Waals surface area contributed by atoms with Crippen molar-refractivity contribution < 1.29 is 24.8 Å². The molecule has 6 heteroatoms. The molecule has 126 valence electrons. The molecule has 0 aliphatic rings. The van der Waals surface area contributed by atoms with Gasteiger partial charge < -0.3 is 24.8 Å². The van der Waals surface area contributed by atoms with Crippen LogP contribution < -0.4 is 5.43 Å². The molecule has 3 aromatic rings. The first-order valence-electron chi connectivity index (χ1n) is 7.50. The lowest BCUT2D eigenvalue weighted by molar-refractivity contribution is -0.0471. The van der Waals surface area contributed by atoms with Crippen molar-refractivity contribution in [1.29, 1.82) is 0 Å². The summed E-state index contributed by atoms with van der Waals surface area (Å²) in [5.41, 5.74) is -1.30. The number of phenolic OH excluding ortho intramolecular Hbond substituents is 2. The fraction of sp³-hybridized carbons (Fsp3) is 0.278. The predicted octanol–water partition coefficient (Wildman–Crippen LogP) is 2.03. The molecule has 0 spiro atoms. The minimum atomic E-state index is -1.34. The van der Waals surface area contributed by atoms with Crippen LogP contribution in [0.4, 0.5) is 0 Å². The highest BCUT2D eigenvalue weighted by molar-refractivity contribution is 5.95. The molecule has 0 aliphatic heterocycles. The fourth-order valence-corrected chi connectivity index (χ4v) is 2.59. The molecule has 2 aromatic carbocycles. The number of aliphatic hydroxyl groups excluding tert-OH is 1. The molecule has 1 heterocycles. The highest BCUT2D eigenvalue weighted by atomic mass is 16.4. The first-order chi connectivity index (χ1) is 11.2. The zero-order valence-corrected chi connectivity index (χ0v) is 13.3. The molecule has 6 nitrogen and oxygen atoms in total. The van der Waals surface area contributed by atoms with Crippen molar-refractivity contribution in [3.05, 3.63) is 46.1 Å². The van der Waals surface area contributed by atoms with Crippen LogP contribution >= 0.6 is 0 Å². The van der Waals surface area contributed by atoms with Crippen molar-refractivity contribution in [1.82, 2.24) is 0 Å². The van der Waals surface area contributed by atoms with Crippen molar-refractivity contribution in [3.8, 4) is 11.5 Å². The Bertz CT molecular complexity index is 981. The number of phenols is 2. The Morgan fingerprint density at radius 2 is 1.88 bits per heavy atom. The average Bonchev–Trinajstić information content (AvgIpc) is 2.49. The molecule has 0 radical (unpaired) electrons. The van der Waals surface area contributed by atoms with E-state index in [4.69, 9.17) is 4.42 Å². The number of fused-ring (bicyclic) bond motifs is 2. The van der Waals surface area contributed by atoms with Gasteiger partial charge in [-0.25, -0.2) is 0 Å². The Morgan fingerprint density at radius 3 is 2.54 bits per heavy atom. The minimum Gasteiger partial charge on any atom is -0.507 e. The Morgan fingerprint density at radius 1 is 1.17 bits per heavy atom. The van der Waals surface area contributed by atoms with E-state index in [0.29, 0.717) is 5.56 Å². The van der Waals surface area contributed by atoms with Crippen molar-refractivity contribution in [2.24, 2.45) is 0 Å². The Hall–Kier alpha value is -2.57. The quantitative estimate of drug-likeness (QED) is 0.547.